The number of benzene rings is 1. The molecule has 0 aliphatic heterocycles. The number of oxazole rings is 1. The topological polar surface area (TPSA) is 28.9 Å². The normalized spacial score (nSPS) is 10.5. The van der Waals surface area contributed by atoms with Crippen LogP contribution in [0.4, 0.5) is 0 Å². The quantitative estimate of drug-likeness (QED) is 0.777. The molecule has 0 fully saturated rings. The summed E-state index contributed by atoms with van der Waals surface area (Å²) in [6.07, 6.45) is 1.06. The Morgan fingerprint density at radius 2 is 1.93 bits per heavy atom. The summed E-state index contributed by atoms with van der Waals surface area (Å²) in [4.78, 5) is 3.48. The molecule has 15 heavy (non-hydrogen) atoms. The number of nitrogens with one attached hydrogen (secondary N) is 1. The van der Waals surface area contributed by atoms with Crippen molar-refractivity contribution in [1.29, 1.82) is 0 Å². The van der Waals surface area contributed by atoms with Gasteiger partial charge in [0.25, 0.3) is 4.84 Å². The molecule has 0 aliphatic carbocycles. The zero-order valence-corrected chi connectivity index (χ0v) is 9.65. The van der Waals surface area contributed by atoms with Crippen molar-refractivity contribution in [3.8, 4) is 11.3 Å². The van der Waals surface area contributed by atoms with E-state index in [9.17, 15) is 0 Å². The first-order valence-corrected chi connectivity index (χ1v) is 5.40. The minimum Gasteiger partial charge on any atom is -0.434 e. The van der Waals surface area contributed by atoms with Crippen LogP contribution in [0.3, 0.4) is 0 Å². The number of hydrogen-bond acceptors (Lipinski definition) is 2. The lowest BCUT2D eigenvalue weighted by Gasteiger charge is -2.00. The van der Waals surface area contributed by atoms with Crippen LogP contribution >= 0.6 is 12.2 Å². The van der Waals surface area contributed by atoms with Crippen LogP contribution in [0.15, 0.2) is 28.7 Å². The highest BCUT2D eigenvalue weighted by Gasteiger charge is 2.05. The van der Waals surface area contributed by atoms with Gasteiger partial charge in [0, 0.05) is 5.56 Å². The van der Waals surface area contributed by atoms with Crippen molar-refractivity contribution >= 4 is 12.2 Å². The van der Waals surface area contributed by atoms with E-state index in [1.54, 1.807) is 0 Å². The van der Waals surface area contributed by atoms with Gasteiger partial charge in [-0.3, -0.25) is 0 Å². The maximum atomic E-state index is 5.28. The van der Waals surface area contributed by atoms with Crippen molar-refractivity contribution in [2.45, 2.75) is 20.3 Å². The van der Waals surface area contributed by atoms with Crippen LogP contribution in [-0.2, 0) is 6.42 Å². The van der Waals surface area contributed by atoms with Gasteiger partial charge in [-0.2, -0.15) is 0 Å². The highest BCUT2D eigenvalue weighted by Crippen LogP contribution is 2.22. The van der Waals surface area contributed by atoms with Gasteiger partial charge >= 0.3 is 0 Å². The second kappa shape index (κ2) is 4.03. The number of hydrogen-bond donors (Lipinski definition) is 1. The third kappa shape index (κ3) is 2.02. The molecule has 1 N–H and O–H groups in total. The van der Waals surface area contributed by atoms with Crippen LogP contribution in [0.1, 0.15) is 18.2 Å². The van der Waals surface area contributed by atoms with Gasteiger partial charge in [-0.1, -0.05) is 31.2 Å². The van der Waals surface area contributed by atoms with Crippen LogP contribution in [-0.4, -0.2) is 4.98 Å². The average Bonchev–Trinajstić information content (AvgIpc) is 2.58. The van der Waals surface area contributed by atoms with Gasteiger partial charge in [-0.05, 0) is 31.1 Å². The Bertz CT molecular complexity index is 507. The van der Waals surface area contributed by atoms with E-state index < -0.39 is 0 Å². The zero-order chi connectivity index (χ0) is 10.8. The molecule has 0 saturated carbocycles. The molecule has 1 heterocycles. The molecule has 78 valence electrons. The summed E-state index contributed by atoms with van der Waals surface area (Å²) >= 11 is 4.95. The molecule has 0 spiro atoms. The molecule has 0 saturated heterocycles. The monoisotopic (exact) mass is 219 g/mol. The third-order valence-electron chi connectivity index (χ3n) is 2.48. The first-order valence-electron chi connectivity index (χ1n) is 4.99. The number of rotatable bonds is 2. The van der Waals surface area contributed by atoms with Crippen LogP contribution in [0, 0.1) is 11.8 Å². The molecular weight excluding hydrogens is 206 g/mol. The molecule has 1 aromatic heterocycles. The summed E-state index contributed by atoms with van der Waals surface area (Å²) in [6, 6.07) is 8.42. The molecule has 2 aromatic rings. The average molecular weight is 219 g/mol. The zero-order valence-electron chi connectivity index (χ0n) is 8.83. The van der Waals surface area contributed by atoms with Crippen molar-refractivity contribution in [2.75, 3.05) is 0 Å². The lowest BCUT2D eigenvalue weighted by Crippen LogP contribution is -1.83. The third-order valence-corrected chi connectivity index (χ3v) is 2.66. The fraction of sp³-hybridized carbons (Fsp3) is 0.250. The molecule has 0 radical (unpaired) electrons. The minimum atomic E-state index is 0.432. The van der Waals surface area contributed by atoms with Crippen LogP contribution in [0.5, 0.6) is 0 Å². The summed E-state index contributed by atoms with van der Waals surface area (Å²) in [5.41, 5.74) is 3.42. The maximum Gasteiger partial charge on any atom is 0.266 e. The first kappa shape index (κ1) is 10.2. The van der Waals surface area contributed by atoms with Crippen LogP contribution in [0.25, 0.3) is 11.3 Å². The number of aromatic amines is 1. The highest BCUT2D eigenvalue weighted by molar-refractivity contribution is 7.71. The van der Waals surface area contributed by atoms with Crippen molar-refractivity contribution < 1.29 is 4.42 Å². The van der Waals surface area contributed by atoms with Crippen molar-refractivity contribution in [1.82, 2.24) is 4.98 Å². The molecule has 2 rings (SSSR count). The van der Waals surface area contributed by atoms with E-state index in [1.165, 1.54) is 5.56 Å². The van der Waals surface area contributed by atoms with E-state index in [0.29, 0.717) is 4.84 Å². The Morgan fingerprint density at radius 3 is 2.40 bits per heavy atom. The van der Waals surface area contributed by atoms with E-state index in [2.05, 4.69) is 36.2 Å². The predicted octanol–water partition coefficient (Wildman–Crippen LogP) is 3.88. The summed E-state index contributed by atoms with van der Waals surface area (Å²) in [5.74, 6) is 0.837. The van der Waals surface area contributed by atoms with Crippen LogP contribution in [0.2, 0.25) is 0 Å². The maximum absolute atomic E-state index is 5.28. The number of H-pyrrole nitrogens is 1. The fourth-order valence-electron chi connectivity index (χ4n) is 1.59. The van der Waals surface area contributed by atoms with Gasteiger partial charge in [0.1, 0.15) is 5.76 Å². The standard InChI is InChI=1S/C12H13NOS/c1-3-9-4-6-10(7-5-9)11-8(2)14-12(15)13-11/h4-7H,3H2,1-2H3,(H,13,15). The Kier molecular flexibility index (Phi) is 2.73. The predicted molar refractivity (Wildman–Crippen MR) is 63.4 cm³/mol. The lowest BCUT2D eigenvalue weighted by molar-refractivity contribution is 0.512. The van der Waals surface area contributed by atoms with Crippen molar-refractivity contribution in [3.05, 3.63) is 40.4 Å². The second-order valence-electron chi connectivity index (χ2n) is 3.50. The number of aryl methyl sites for hydroxylation is 2. The van der Waals surface area contributed by atoms with Gasteiger partial charge in [0.2, 0.25) is 0 Å². The Labute approximate surface area is 94.0 Å². The van der Waals surface area contributed by atoms with Crippen molar-refractivity contribution in [3.63, 3.8) is 0 Å². The first-order chi connectivity index (χ1) is 7.20. The van der Waals surface area contributed by atoms with Gasteiger partial charge in [-0.15, -0.1) is 0 Å². The second-order valence-corrected chi connectivity index (χ2v) is 3.87. The lowest BCUT2D eigenvalue weighted by atomic mass is 10.1. The molecular formula is C12H13NOS. The Morgan fingerprint density at radius 1 is 1.27 bits per heavy atom. The molecule has 0 amide bonds. The molecule has 3 heteroatoms. The van der Waals surface area contributed by atoms with E-state index >= 15 is 0 Å². The minimum absolute atomic E-state index is 0.432. The van der Waals surface area contributed by atoms with E-state index in [1.807, 2.05) is 6.92 Å². The Hall–Kier alpha value is -1.35. The smallest absolute Gasteiger partial charge is 0.266 e. The molecule has 2 nitrogen and oxygen atoms in total. The summed E-state index contributed by atoms with van der Waals surface area (Å²) < 4.78 is 5.28. The highest BCUT2D eigenvalue weighted by atomic mass is 32.1. The van der Waals surface area contributed by atoms with Gasteiger partial charge in [0.05, 0.1) is 5.69 Å². The fourth-order valence-corrected chi connectivity index (χ4v) is 1.82. The molecule has 0 aliphatic rings. The van der Waals surface area contributed by atoms with E-state index in [-0.39, 0.29) is 0 Å². The SMILES string of the molecule is CCc1ccc(-c2[nH]c(=S)oc2C)cc1. The van der Waals surface area contributed by atoms with Crippen molar-refractivity contribution in [2.24, 2.45) is 0 Å². The Balaban J connectivity index is 2.45. The molecule has 0 bridgehead atoms. The largest absolute Gasteiger partial charge is 0.434 e. The molecule has 0 atom stereocenters. The van der Waals surface area contributed by atoms with E-state index in [4.69, 9.17) is 16.6 Å². The van der Waals surface area contributed by atoms with E-state index in [0.717, 1.165) is 23.4 Å². The molecule has 1 aromatic carbocycles. The summed E-state index contributed by atoms with van der Waals surface area (Å²) in [5, 5.41) is 0. The summed E-state index contributed by atoms with van der Waals surface area (Å²) in [6.45, 7) is 4.06. The van der Waals surface area contributed by atoms with Gasteiger partial charge in [0.15, 0.2) is 0 Å². The molecule has 0 unspecified atom stereocenters. The van der Waals surface area contributed by atoms with Crippen LogP contribution < -0.4 is 0 Å². The van der Waals surface area contributed by atoms with Gasteiger partial charge in [-0.25, -0.2) is 0 Å². The summed E-state index contributed by atoms with van der Waals surface area (Å²) in [7, 11) is 0. The van der Waals surface area contributed by atoms with Gasteiger partial charge < -0.3 is 9.40 Å². The number of aromatic nitrogens is 1.